The summed E-state index contributed by atoms with van der Waals surface area (Å²) in [4.78, 5) is 38.5. The summed E-state index contributed by atoms with van der Waals surface area (Å²) in [5.41, 5.74) is 2.75. The number of rotatable bonds is 9. The maximum absolute atomic E-state index is 13.2. The van der Waals surface area contributed by atoms with Crippen molar-refractivity contribution in [1.29, 1.82) is 0 Å². The van der Waals surface area contributed by atoms with Crippen LogP contribution in [0.25, 0.3) is 0 Å². The number of carbonyl (C=O) groups is 3. The van der Waals surface area contributed by atoms with Gasteiger partial charge in [0.05, 0.1) is 35.5 Å². The van der Waals surface area contributed by atoms with Crippen molar-refractivity contribution in [1.82, 2.24) is 4.90 Å². The number of aromatic carboxylic acids is 1. The third-order valence-corrected chi connectivity index (χ3v) is 6.69. The number of para-hydroxylation sites is 1. The summed E-state index contributed by atoms with van der Waals surface area (Å²) in [5.74, 6) is -0.520. The van der Waals surface area contributed by atoms with E-state index in [2.05, 4.69) is 16.0 Å². The van der Waals surface area contributed by atoms with Crippen molar-refractivity contribution < 1.29 is 24.2 Å². The number of carboxylic acid groups (broad SMARTS) is 1. The van der Waals surface area contributed by atoms with Gasteiger partial charge in [0, 0.05) is 24.8 Å². The van der Waals surface area contributed by atoms with Crippen LogP contribution < -0.4 is 20.7 Å². The smallest absolute Gasteiger partial charge is 0.335 e. The third-order valence-electron chi connectivity index (χ3n) is 6.36. The quantitative estimate of drug-likeness (QED) is 0.293. The standard InChI is InChI=1S/C28H29ClN4O5/c1-38-25-15-18(8-13-24(25)32-28(37)31-23-7-3-2-6-22(23)29)16-26(34)33-14-4-5-21(33)17-30-20-11-9-19(10-12-20)27(35)36/h2-3,6-13,15,21,30H,4-5,14,16-17H2,1H3,(H,35,36)(H2,31,32,37)/t21-/m0/s1. The molecule has 4 rings (SSSR count). The van der Waals surface area contributed by atoms with E-state index in [0.29, 0.717) is 35.2 Å². The van der Waals surface area contributed by atoms with Gasteiger partial charge in [0.25, 0.3) is 0 Å². The Morgan fingerprint density at radius 3 is 2.47 bits per heavy atom. The van der Waals surface area contributed by atoms with E-state index in [-0.39, 0.29) is 23.9 Å². The molecule has 1 fully saturated rings. The number of nitrogens with zero attached hydrogens (tertiary/aromatic N) is 1. The predicted molar refractivity (Wildman–Crippen MR) is 147 cm³/mol. The number of nitrogens with one attached hydrogen (secondary N) is 3. The molecular weight excluding hydrogens is 508 g/mol. The lowest BCUT2D eigenvalue weighted by Crippen LogP contribution is -2.40. The van der Waals surface area contributed by atoms with Crippen molar-refractivity contribution in [3.63, 3.8) is 0 Å². The highest BCUT2D eigenvalue weighted by Crippen LogP contribution is 2.28. The van der Waals surface area contributed by atoms with Crippen LogP contribution in [0.15, 0.2) is 66.7 Å². The monoisotopic (exact) mass is 536 g/mol. The molecule has 1 aliphatic heterocycles. The fourth-order valence-corrected chi connectivity index (χ4v) is 4.59. The van der Waals surface area contributed by atoms with Gasteiger partial charge in [0.15, 0.2) is 0 Å². The summed E-state index contributed by atoms with van der Waals surface area (Å²) in [5, 5.41) is 18.2. The number of amides is 3. The second kappa shape index (κ2) is 12.3. The molecule has 0 unspecified atom stereocenters. The first-order chi connectivity index (χ1) is 18.3. The Morgan fingerprint density at radius 1 is 1.03 bits per heavy atom. The van der Waals surface area contributed by atoms with E-state index in [1.807, 2.05) is 4.90 Å². The average molecular weight is 537 g/mol. The molecule has 4 N–H and O–H groups in total. The zero-order valence-electron chi connectivity index (χ0n) is 20.9. The van der Waals surface area contributed by atoms with E-state index in [0.717, 1.165) is 24.1 Å². The summed E-state index contributed by atoms with van der Waals surface area (Å²) in [6.07, 6.45) is 2.01. The molecule has 0 aliphatic carbocycles. The number of urea groups is 1. The normalized spacial score (nSPS) is 14.6. The Hall–Kier alpha value is -4.24. The van der Waals surface area contributed by atoms with Gasteiger partial charge in [-0.3, -0.25) is 4.79 Å². The minimum absolute atomic E-state index is 0.00903. The van der Waals surface area contributed by atoms with Crippen LogP contribution in [0.2, 0.25) is 5.02 Å². The van der Waals surface area contributed by atoms with Crippen molar-refractivity contribution in [3.8, 4) is 5.75 Å². The zero-order valence-corrected chi connectivity index (χ0v) is 21.6. The molecule has 3 amide bonds. The van der Waals surface area contributed by atoms with Gasteiger partial charge in [-0.05, 0) is 66.9 Å². The average Bonchev–Trinajstić information content (AvgIpc) is 3.39. The molecule has 3 aromatic rings. The Balaban J connectivity index is 1.34. The summed E-state index contributed by atoms with van der Waals surface area (Å²) < 4.78 is 5.46. The van der Waals surface area contributed by atoms with E-state index >= 15 is 0 Å². The fourth-order valence-electron chi connectivity index (χ4n) is 4.41. The summed E-state index contributed by atoms with van der Waals surface area (Å²) >= 11 is 6.10. The van der Waals surface area contributed by atoms with Gasteiger partial charge in [-0.2, -0.15) is 0 Å². The Bertz CT molecular complexity index is 1310. The number of methoxy groups -OCH3 is 1. The molecule has 38 heavy (non-hydrogen) atoms. The number of carbonyl (C=O) groups excluding carboxylic acids is 2. The highest BCUT2D eigenvalue weighted by Gasteiger charge is 2.28. The molecule has 1 atom stereocenters. The molecule has 0 aromatic heterocycles. The van der Waals surface area contributed by atoms with E-state index in [4.69, 9.17) is 21.4 Å². The van der Waals surface area contributed by atoms with Gasteiger partial charge in [-0.15, -0.1) is 0 Å². The summed E-state index contributed by atoms with van der Waals surface area (Å²) in [6.45, 7) is 1.26. The minimum Gasteiger partial charge on any atom is -0.495 e. The number of carboxylic acids is 1. The number of hydrogen-bond acceptors (Lipinski definition) is 5. The lowest BCUT2D eigenvalue weighted by molar-refractivity contribution is -0.131. The maximum Gasteiger partial charge on any atom is 0.335 e. The van der Waals surface area contributed by atoms with Crippen LogP contribution >= 0.6 is 11.6 Å². The summed E-state index contributed by atoms with van der Waals surface area (Å²) in [6, 6.07) is 18.3. The molecule has 1 heterocycles. The van der Waals surface area contributed by atoms with Crippen LogP contribution in [-0.2, 0) is 11.2 Å². The van der Waals surface area contributed by atoms with Crippen LogP contribution in [-0.4, -0.2) is 54.2 Å². The lowest BCUT2D eigenvalue weighted by Gasteiger charge is -2.25. The number of likely N-dealkylation sites (tertiary alicyclic amines) is 1. The largest absolute Gasteiger partial charge is 0.495 e. The molecule has 0 radical (unpaired) electrons. The van der Waals surface area contributed by atoms with Crippen molar-refractivity contribution >= 4 is 46.6 Å². The molecule has 9 nitrogen and oxygen atoms in total. The van der Waals surface area contributed by atoms with Gasteiger partial charge in [-0.25, -0.2) is 9.59 Å². The summed E-state index contributed by atoms with van der Waals surface area (Å²) in [7, 11) is 1.50. The Labute approximate surface area is 225 Å². The van der Waals surface area contributed by atoms with Crippen molar-refractivity contribution in [2.24, 2.45) is 0 Å². The third kappa shape index (κ3) is 6.74. The van der Waals surface area contributed by atoms with Crippen LogP contribution in [0.5, 0.6) is 5.75 Å². The lowest BCUT2D eigenvalue weighted by atomic mass is 10.1. The molecule has 0 bridgehead atoms. The van der Waals surface area contributed by atoms with Crippen LogP contribution in [0.1, 0.15) is 28.8 Å². The topological polar surface area (TPSA) is 120 Å². The molecule has 0 saturated carbocycles. The SMILES string of the molecule is COc1cc(CC(=O)N2CCC[C@H]2CNc2ccc(C(=O)O)cc2)ccc1NC(=O)Nc1ccccc1Cl. The molecule has 198 valence electrons. The van der Waals surface area contributed by atoms with Gasteiger partial charge in [0.2, 0.25) is 5.91 Å². The van der Waals surface area contributed by atoms with E-state index in [9.17, 15) is 14.4 Å². The molecule has 10 heteroatoms. The van der Waals surface area contributed by atoms with E-state index in [1.54, 1.807) is 66.7 Å². The number of benzene rings is 3. The van der Waals surface area contributed by atoms with Crippen molar-refractivity contribution in [2.45, 2.75) is 25.3 Å². The molecule has 1 saturated heterocycles. The molecular formula is C28H29ClN4O5. The highest BCUT2D eigenvalue weighted by atomic mass is 35.5. The van der Waals surface area contributed by atoms with Gasteiger partial charge >= 0.3 is 12.0 Å². The van der Waals surface area contributed by atoms with Crippen LogP contribution in [0, 0.1) is 0 Å². The molecule has 1 aliphatic rings. The van der Waals surface area contributed by atoms with E-state index < -0.39 is 12.0 Å². The van der Waals surface area contributed by atoms with Gasteiger partial charge < -0.3 is 30.7 Å². The van der Waals surface area contributed by atoms with Crippen molar-refractivity contribution in [3.05, 3.63) is 82.9 Å². The van der Waals surface area contributed by atoms with Gasteiger partial charge in [0.1, 0.15) is 5.75 Å². The second-order valence-electron chi connectivity index (χ2n) is 8.92. The van der Waals surface area contributed by atoms with Gasteiger partial charge in [-0.1, -0.05) is 29.8 Å². The number of hydrogen-bond donors (Lipinski definition) is 4. The Kier molecular flexibility index (Phi) is 8.70. The molecule has 3 aromatic carbocycles. The molecule has 0 spiro atoms. The number of halogens is 1. The second-order valence-corrected chi connectivity index (χ2v) is 9.32. The highest BCUT2D eigenvalue weighted by molar-refractivity contribution is 6.33. The number of ether oxygens (including phenoxy) is 1. The van der Waals surface area contributed by atoms with Crippen LogP contribution in [0.3, 0.4) is 0 Å². The first kappa shape index (κ1) is 26.8. The van der Waals surface area contributed by atoms with Crippen LogP contribution in [0.4, 0.5) is 21.9 Å². The first-order valence-electron chi connectivity index (χ1n) is 12.2. The maximum atomic E-state index is 13.2. The van der Waals surface area contributed by atoms with E-state index in [1.165, 1.54) is 7.11 Å². The fraction of sp³-hybridized carbons (Fsp3) is 0.250. The number of anilines is 3. The van der Waals surface area contributed by atoms with Crippen molar-refractivity contribution in [2.75, 3.05) is 36.1 Å². The zero-order chi connectivity index (χ0) is 27.1. The predicted octanol–water partition coefficient (Wildman–Crippen LogP) is 5.34. The first-order valence-corrected chi connectivity index (χ1v) is 12.6. The Morgan fingerprint density at radius 2 is 1.76 bits per heavy atom. The minimum atomic E-state index is -0.968.